The van der Waals surface area contributed by atoms with Crippen LogP contribution in [0.25, 0.3) is 0 Å². The van der Waals surface area contributed by atoms with Gasteiger partial charge in [0.15, 0.2) is 5.60 Å². The number of hydrogen-bond donors (Lipinski definition) is 3. The van der Waals surface area contributed by atoms with Crippen LogP contribution < -0.4 is 5.32 Å². The van der Waals surface area contributed by atoms with E-state index in [4.69, 9.17) is 5.11 Å². The van der Waals surface area contributed by atoms with Crippen LogP contribution in [0.2, 0.25) is 0 Å². The van der Waals surface area contributed by atoms with Crippen LogP contribution in [0.3, 0.4) is 0 Å². The Morgan fingerprint density at radius 3 is 2.40 bits per heavy atom. The molecule has 3 N–H and O–H groups in total. The average Bonchev–Trinajstić information content (AvgIpc) is 2.11. The summed E-state index contributed by atoms with van der Waals surface area (Å²) in [6, 6.07) is 0. The van der Waals surface area contributed by atoms with Crippen molar-refractivity contribution in [3.8, 4) is 0 Å². The molecule has 0 aliphatic rings. The first-order valence-corrected chi connectivity index (χ1v) is 5.64. The summed E-state index contributed by atoms with van der Waals surface area (Å²) in [4.78, 5) is 21.7. The molecular weight excluding hydrogens is 218 g/mol. The summed E-state index contributed by atoms with van der Waals surface area (Å²) in [6.45, 7) is 4.79. The molecule has 0 aliphatic heterocycles. The molecule has 1 atom stereocenters. The fourth-order valence-electron chi connectivity index (χ4n) is 0.640. The third kappa shape index (κ3) is 6.35. The predicted octanol–water partition coefficient (Wildman–Crippen LogP) is 0.0798. The highest BCUT2D eigenvalue weighted by molar-refractivity contribution is 8.00. The summed E-state index contributed by atoms with van der Waals surface area (Å²) in [5.74, 6) is -1.34. The Balaban J connectivity index is 3.85. The lowest BCUT2D eigenvalue weighted by Gasteiger charge is -2.18. The average molecular weight is 235 g/mol. The molecule has 15 heavy (non-hydrogen) atoms. The van der Waals surface area contributed by atoms with Crippen molar-refractivity contribution in [1.29, 1.82) is 0 Å². The highest BCUT2D eigenvalue weighted by Crippen LogP contribution is 2.08. The molecule has 0 aliphatic carbocycles. The predicted molar refractivity (Wildman–Crippen MR) is 58.9 cm³/mol. The minimum Gasteiger partial charge on any atom is -0.479 e. The Labute approximate surface area is 93.2 Å². The molecule has 0 heterocycles. The number of thioether (sulfide) groups is 1. The third-order valence-corrected chi connectivity index (χ3v) is 2.73. The molecule has 0 saturated heterocycles. The van der Waals surface area contributed by atoms with Gasteiger partial charge in [0.2, 0.25) is 5.91 Å². The first kappa shape index (κ1) is 14.2. The first-order chi connectivity index (χ1) is 6.75. The largest absolute Gasteiger partial charge is 0.479 e. The Morgan fingerprint density at radius 2 is 2.00 bits per heavy atom. The Hall–Kier alpha value is -0.750. The van der Waals surface area contributed by atoms with Gasteiger partial charge in [-0.05, 0) is 12.2 Å². The van der Waals surface area contributed by atoms with E-state index in [1.54, 1.807) is 0 Å². The quantitative estimate of drug-likeness (QED) is 0.607. The first-order valence-electron chi connectivity index (χ1n) is 4.60. The molecule has 0 spiro atoms. The Morgan fingerprint density at radius 1 is 1.47 bits per heavy atom. The summed E-state index contributed by atoms with van der Waals surface area (Å²) >= 11 is 1.46. The zero-order valence-corrected chi connectivity index (χ0v) is 9.93. The second-order valence-electron chi connectivity index (χ2n) is 3.72. The topological polar surface area (TPSA) is 86.6 Å². The van der Waals surface area contributed by atoms with Crippen LogP contribution in [-0.2, 0) is 9.59 Å². The molecule has 0 fully saturated rings. The fourth-order valence-corrected chi connectivity index (χ4v) is 1.23. The van der Waals surface area contributed by atoms with E-state index in [9.17, 15) is 14.7 Å². The van der Waals surface area contributed by atoms with E-state index in [1.807, 2.05) is 13.8 Å². The minimum absolute atomic E-state index is 0.268. The lowest BCUT2D eigenvalue weighted by molar-refractivity contribution is -0.156. The number of nitrogens with one attached hydrogen (secondary N) is 1. The van der Waals surface area contributed by atoms with Crippen molar-refractivity contribution in [3.63, 3.8) is 0 Å². The Bertz CT molecular complexity index is 240. The monoisotopic (exact) mass is 235 g/mol. The number of carboxylic acids is 1. The maximum atomic E-state index is 11.2. The van der Waals surface area contributed by atoms with Crippen molar-refractivity contribution < 1.29 is 19.8 Å². The molecule has 1 unspecified atom stereocenters. The number of carbonyl (C=O) groups excluding carboxylic acids is 1. The van der Waals surface area contributed by atoms with E-state index in [2.05, 4.69) is 5.32 Å². The molecule has 1 amide bonds. The van der Waals surface area contributed by atoms with Gasteiger partial charge in [-0.25, -0.2) is 4.79 Å². The molecular formula is C9H17NO4S. The van der Waals surface area contributed by atoms with E-state index < -0.39 is 11.6 Å². The number of carboxylic acid groups (broad SMARTS) is 1. The standard InChI is InChI=1S/C9H17NO4S/c1-6(2)15-4-7(11)10-5-9(3,14)8(12)13/h6,14H,4-5H2,1-3H3,(H,10,11)(H,12,13). The molecule has 0 bridgehead atoms. The van der Waals surface area contributed by atoms with E-state index in [0.717, 1.165) is 6.92 Å². The fraction of sp³-hybridized carbons (Fsp3) is 0.778. The van der Waals surface area contributed by atoms with Crippen molar-refractivity contribution in [2.75, 3.05) is 12.3 Å². The van der Waals surface area contributed by atoms with Gasteiger partial charge in [0.25, 0.3) is 0 Å². The number of rotatable bonds is 6. The SMILES string of the molecule is CC(C)SCC(=O)NCC(C)(O)C(=O)O. The van der Waals surface area contributed by atoms with Gasteiger partial charge < -0.3 is 15.5 Å². The molecule has 0 aromatic heterocycles. The zero-order valence-electron chi connectivity index (χ0n) is 9.11. The highest BCUT2D eigenvalue weighted by atomic mass is 32.2. The number of hydrogen-bond acceptors (Lipinski definition) is 4. The van der Waals surface area contributed by atoms with Crippen LogP contribution in [0.1, 0.15) is 20.8 Å². The van der Waals surface area contributed by atoms with Crippen molar-refractivity contribution in [2.24, 2.45) is 0 Å². The number of aliphatic carboxylic acids is 1. The van der Waals surface area contributed by atoms with E-state index in [1.165, 1.54) is 11.8 Å². The van der Waals surface area contributed by atoms with E-state index >= 15 is 0 Å². The van der Waals surface area contributed by atoms with Gasteiger partial charge in [0.1, 0.15) is 0 Å². The van der Waals surface area contributed by atoms with Crippen LogP contribution in [0.15, 0.2) is 0 Å². The maximum absolute atomic E-state index is 11.2. The molecule has 0 saturated carbocycles. The summed E-state index contributed by atoms with van der Waals surface area (Å²) in [6.07, 6.45) is 0. The summed E-state index contributed by atoms with van der Waals surface area (Å²) in [5.41, 5.74) is -1.90. The number of amides is 1. The third-order valence-electron chi connectivity index (χ3n) is 1.64. The molecule has 0 radical (unpaired) electrons. The van der Waals surface area contributed by atoms with Gasteiger partial charge in [0, 0.05) is 0 Å². The highest BCUT2D eigenvalue weighted by Gasteiger charge is 2.30. The second-order valence-corrected chi connectivity index (χ2v) is 5.28. The number of carbonyl (C=O) groups is 2. The summed E-state index contributed by atoms with van der Waals surface area (Å²) in [5, 5.41) is 20.6. The molecule has 88 valence electrons. The maximum Gasteiger partial charge on any atom is 0.337 e. The molecule has 0 aromatic rings. The van der Waals surface area contributed by atoms with Crippen molar-refractivity contribution >= 4 is 23.6 Å². The summed E-state index contributed by atoms with van der Waals surface area (Å²) in [7, 11) is 0. The minimum atomic E-state index is -1.90. The van der Waals surface area contributed by atoms with E-state index in [-0.39, 0.29) is 18.2 Å². The number of aliphatic hydroxyl groups is 1. The van der Waals surface area contributed by atoms with Crippen LogP contribution in [0, 0.1) is 0 Å². The van der Waals surface area contributed by atoms with Gasteiger partial charge >= 0.3 is 5.97 Å². The molecule has 0 aromatic carbocycles. The van der Waals surface area contributed by atoms with Crippen molar-refractivity contribution in [3.05, 3.63) is 0 Å². The Kier molecular flexibility index (Phi) is 5.67. The lowest BCUT2D eigenvalue weighted by atomic mass is 10.1. The molecule has 6 heteroatoms. The van der Waals surface area contributed by atoms with Gasteiger partial charge in [-0.1, -0.05) is 13.8 Å². The normalized spacial score (nSPS) is 14.7. The van der Waals surface area contributed by atoms with Gasteiger partial charge in [-0.3, -0.25) is 4.79 Å². The molecule has 0 rings (SSSR count). The van der Waals surface area contributed by atoms with Crippen molar-refractivity contribution in [1.82, 2.24) is 5.32 Å². The van der Waals surface area contributed by atoms with Gasteiger partial charge in [-0.15, -0.1) is 11.8 Å². The van der Waals surface area contributed by atoms with Gasteiger partial charge in [-0.2, -0.15) is 0 Å². The second kappa shape index (κ2) is 5.97. The molecule has 5 nitrogen and oxygen atoms in total. The van der Waals surface area contributed by atoms with Crippen LogP contribution in [-0.4, -0.2) is 45.2 Å². The smallest absolute Gasteiger partial charge is 0.337 e. The van der Waals surface area contributed by atoms with Gasteiger partial charge in [0.05, 0.1) is 12.3 Å². The van der Waals surface area contributed by atoms with Crippen molar-refractivity contribution in [2.45, 2.75) is 31.6 Å². The van der Waals surface area contributed by atoms with Crippen LogP contribution in [0.5, 0.6) is 0 Å². The summed E-state index contributed by atoms with van der Waals surface area (Å²) < 4.78 is 0. The van der Waals surface area contributed by atoms with Crippen LogP contribution in [0.4, 0.5) is 0 Å². The van der Waals surface area contributed by atoms with E-state index in [0.29, 0.717) is 5.25 Å². The lowest BCUT2D eigenvalue weighted by Crippen LogP contribution is -2.47. The zero-order chi connectivity index (χ0) is 12.1. The van der Waals surface area contributed by atoms with Crippen LogP contribution >= 0.6 is 11.8 Å².